The first-order valence-corrected chi connectivity index (χ1v) is 7.38. The fourth-order valence-corrected chi connectivity index (χ4v) is 2.08. The lowest BCUT2D eigenvalue weighted by molar-refractivity contribution is 0.597. The van der Waals surface area contributed by atoms with Gasteiger partial charge in [0.2, 0.25) is 0 Å². The largest absolute Gasteiger partial charge is 0.389 e. The van der Waals surface area contributed by atoms with E-state index >= 15 is 0 Å². The van der Waals surface area contributed by atoms with E-state index in [0.29, 0.717) is 17.9 Å². The number of nitrogens with one attached hydrogen (secondary N) is 1. The van der Waals surface area contributed by atoms with Crippen LogP contribution in [0.5, 0.6) is 0 Å². The summed E-state index contributed by atoms with van der Waals surface area (Å²) in [5.41, 5.74) is 6.15. The molecule has 1 aromatic heterocycles. The molecule has 0 aromatic carbocycles. The zero-order valence-corrected chi connectivity index (χ0v) is 11.1. The van der Waals surface area contributed by atoms with Crippen LogP contribution in [0.2, 0.25) is 0 Å². The molecule has 0 saturated carbocycles. The molecule has 0 saturated heterocycles. The fourth-order valence-electron chi connectivity index (χ4n) is 1.21. The van der Waals surface area contributed by atoms with E-state index in [1.54, 1.807) is 25.3 Å². The molecule has 94 valence electrons. The quantitative estimate of drug-likeness (QED) is 0.737. The summed E-state index contributed by atoms with van der Waals surface area (Å²) in [7, 11) is -2.98. The van der Waals surface area contributed by atoms with Crippen LogP contribution in [0.4, 0.5) is 5.82 Å². The van der Waals surface area contributed by atoms with Crippen molar-refractivity contribution in [3.63, 3.8) is 0 Å². The van der Waals surface area contributed by atoms with Crippen LogP contribution in [-0.4, -0.2) is 36.4 Å². The third-order valence-corrected chi connectivity index (χ3v) is 4.14. The molecule has 1 heterocycles. The van der Waals surface area contributed by atoms with E-state index in [9.17, 15) is 8.42 Å². The van der Waals surface area contributed by atoms with Gasteiger partial charge in [-0.15, -0.1) is 0 Å². The molecule has 7 heteroatoms. The Morgan fingerprint density at radius 1 is 1.59 bits per heavy atom. The van der Waals surface area contributed by atoms with Gasteiger partial charge in [0.15, 0.2) is 9.84 Å². The van der Waals surface area contributed by atoms with Gasteiger partial charge in [-0.05, 0) is 12.1 Å². The van der Waals surface area contributed by atoms with Crippen molar-refractivity contribution in [1.29, 1.82) is 0 Å². The lowest BCUT2D eigenvalue weighted by Gasteiger charge is -2.09. The Kier molecular flexibility index (Phi) is 4.83. The highest BCUT2D eigenvalue weighted by molar-refractivity contribution is 7.91. The molecule has 1 rings (SSSR count). The van der Waals surface area contributed by atoms with Crippen molar-refractivity contribution in [1.82, 2.24) is 4.98 Å². The minimum absolute atomic E-state index is 0.0663. The van der Waals surface area contributed by atoms with E-state index in [0.717, 1.165) is 0 Å². The van der Waals surface area contributed by atoms with Gasteiger partial charge < -0.3 is 11.1 Å². The summed E-state index contributed by atoms with van der Waals surface area (Å²) in [4.78, 5) is 4.31. The van der Waals surface area contributed by atoms with Gasteiger partial charge in [0.05, 0.1) is 11.3 Å². The normalized spacial score (nSPS) is 11.1. The Morgan fingerprint density at radius 2 is 2.29 bits per heavy atom. The first-order valence-electron chi connectivity index (χ1n) is 5.15. The molecule has 17 heavy (non-hydrogen) atoms. The van der Waals surface area contributed by atoms with Gasteiger partial charge in [0.1, 0.15) is 10.8 Å². The highest BCUT2D eigenvalue weighted by Crippen LogP contribution is 2.10. The molecule has 1 aromatic rings. The maximum Gasteiger partial charge on any atom is 0.151 e. The smallest absolute Gasteiger partial charge is 0.151 e. The van der Waals surface area contributed by atoms with E-state index in [1.807, 2.05) is 0 Å². The maximum absolute atomic E-state index is 11.3. The predicted octanol–water partition coefficient (Wildman–Crippen LogP) is 0.562. The molecule has 0 aliphatic carbocycles. The Morgan fingerprint density at radius 3 is 2.88 bits per heavy atom. The number of rotatable bonds is 6. The molecule has 0 aliphatic rings. The van der Waals surface area contributed by atoms with Gasteiger partial charge >= 0.3 is 0 Å². The summed E-state index contributed by atoms with van der Waals surface area (Å²) in [5, 5.41) is 2.93. The number of nitrogens with zero attached hydrogens (tertiary/aromatic N) is 1. The van der Waals surface area contributed by atoms with Crippen LogP contribution in [0.3, 0.4) is 0 Å². The van der Waals surface area contributed by atoms with Crippen molar-refractivity contribution in [2.24, 2.45) is 5.73 Å². The first-order chi connectivity index (χ1) is 7.96. The highest BCUT2D eigenvalue weighted by atomic mass is 32.2. The Bertz CT molecular complexity index is 500. The molecule has 0 unspecified atom stereocenters. The van der Waals surface area contributed by atoms with E-state index < -0.39 is 9.84 Å². The van der Waals surface area contributed by atoms with E-state index in [1.165, 1.54) is 0 Å². The first kappa shape index (κ1) is 13.9. The average molecular weight is 273 g/mol. The van der Waals surface area contributed by atoms with Crippen molar-refractivity contribution < 1.29 is 8.42 Å². The molecule has 5 nitrogen and oxygen atoms in total. The standard InChI is InChI=1S/C10H15N3O2S2/c1-2-17(14,15)7-6-13-10-8(9(11)16)4-3-5-12-10/h3-5H,2,6-7H2,1H3,(H2,11,16)(H,12,13). The molecule has 0 bridgehead atoms. The van der Waals surface area contributed by atoms with Crippen LogP contribution >= 0.6 is 12.2 Å². The van der Waals surface area contributed by atoms with Crippen LogP contribution in [0.25, 0.3) is 0 Å². The molecular formula is C10H15N3O2S2. The topological polar surface area (TPSA) is 85.1 Å². The highest BCUT2D eigenvalue weighted by Gasteiger charge is 2.09. The van der Waals surface area contributed by atoms with Gasteiger partial charge in [0.25, 0.3) is 0 Å². The van der Waals surface area contributed by atoms with Gasteiger partial charge in [0, 0.05) is 18.5 Å². The maximum atomic E-state index is 11.3. The number of pyridine rings is 1. The molecule has 3 N–H and O–H groups in total. The van der Waals surface area contributed by atoms with Crippen LogP contribution < -0.4 is 11.1 Å². The summed E-state index contributed by atoms with van der Waals surface area (Å²) in [6.45, 7) is 1.92. The van der Waals surface area contributed by atoms with Crippen LogP contribution in [0, 0.1) is 0 Å². The molecular weight excluding hydrogens is 258 g/mol. The molecule has 0 radical (unpaired) electrons. The Labute approximate surface area is 106 Å². The molecule has 0 fully saturated rings. The van der Waals surface area contributed by atoms with E-state index in [4.69, 9.17) is 18.0 Å². The second-order valence-electron chi connectivity index (χ2n) is 3.43. The monoisotopic (exact) mass is 273 g/mol. The van der Waals surface area contributed by atoms with Crippen molar-refractivity contribution >= 4 is 32.9 Å². The number of thiocarbonyl (C=S) groups is 1. The summed E-state index contributed by atoms with van der Waals surface area (Å²) in [5.74, 6) is 0.724. The van der Waals surface area contributed by atoms with Gasteiger partial charge in [-0.1, -0.05) is 19.1 Å². The van der Waals surface area contributed by atoms with E-state index in [-0.39, 0.29) is 16.5 Å². The van der Waals surface area contributed by atoms with Gasteiger partial charge in [-0.3, -0.25) is 0 Å². The van der Waals surface area contributed by atoms with Crippen molar-refractivity contribution in [2.75, 3.05) is 23.4 Å². The summed E-state index contributed by atoms with van der Waals surface area (Å²) < 4.78 is 22.6. The van der Waals surface area contributed by atoms with Crippen molar-refractivity contribution in [3.05, 3.63) is 23.9 Å². The number of aromatic nitrogens is 1. The lowest BCUT2D eigenvalue weighted by atomic mass is 10.2. The van der Waals surface area contributed by atoms with Crippen molar-refractivity contribution in [2.45, 2.75) is 6.92 Å². The summed E-state index contributed by atoms with van der Waals surface area (Å²) in [6.07, 6.45) is 1.60. The van der Waals surface area contributed by atoms with Gasteiger partial charge in [-0.2, -0.15) is 0 Å². The number of nitrogens with two attached hydrogens (primary N) is 1. The van der Waals surface area contributed by atoms with Gasteiger partial charge in [-0.25, -0.2) is 13.4 Å². The number of anilines is 1. The van der Waals surface area contributed by atoms with Crippen molar-refractivity contribution in [3.8, 4) is 0 Å². The molecule has 0 spiro atoms. The average Bonchev–Trinajstić information content (AvgIpc) is 2.29. The number of hydrogen-bond donors (Lipinski definition) is 2. The second kappa shape index (κ2) is 5.92. The summed E-state index contributed by atoms with van der Waals surface area (Å²) in [6, 6.07) is 3.47. The predicted molar refractivity (Wildman–Crippen MR) is 72.9 cm³/mol. The Balaban J connectivity index is 2.67. The third kappa shape index (κ3) is 4.27. The zero-order valence-electron chi connectivity index (χ0n) is 9.51. The SMILES string of the molecule is CCS(=O)(=O)CCNc1ncccc1C(N)=S. The van der Waals surface area contributed by atoms with Crippen LogP contribution in [0.15, 0.2) is 18.3 Å². The molecule has 0 atom stereocenters. The van der Waals surface area contributed by atoms with Crippen LogP contribution in [0.1, 0.15) is 12.5 Å². The van der Waals surface area contributed by atoms with E-state index in [2.05, 4.69) is 10.3 Å². The number of sulfone groups is 1. The molecule has 0 aliphatic heterocycles. The fraction of sp³-hybridized carbons (Fsp3) is 0.400. The summed E-state index contributed by atoms with van der Waals surface area (Å²) >= 11 is 4.88. The second-order valence-corrected chi connectivity index (χ2v) is 6.34. The molecule has 0 amide bonds. The third-order valence-electron chi connectivity index (χ3n) is 2.22. The number of hydrogen-bond acceptors (Lipinski definition) is 5. The minimum atomic E-state index is -2.98. The van der Waals surface area contributed by atoms with Crippen LogP contribution in [-0.2, 0) is 9.84 Å². The zero-order chi connectivity index (χ0) is 12.9. The lowest BCUT2D eigenvalue weighted by Crippen LogP contribution is -2.20. The Hall–Kier alpha value is -1.21. The minimum Gasteiger partial charge on any atom is -0.389 e.